The molecular weight excluding hydrogens is 528 g/mol. The second-order valence-electron chi connectivity index (χ2n) is 9.54. The van der Waals surface area contributed by atoms with E-state index < -0.39 is 34.3 Å². The molecule has 1 aliphatic rings. The number of anilines is 1. The molecule has 0 radical (unpaired) electrons. The van der Waals surface area contributed by atoms with E-state index in [0.717, 1.165) is 11.6 Å². The zero-order chi connectivity index (χ0) is 27.9. The van der Waals surface area contributed by atoms with Crippen LogP contribution in [0.4, 0.5) is 14.6 Å². The predicted molar refractivity (Wildman–Crippen MR) is 141 cm³/mol. The number of aliphatic hydroxyl groups is 1. The highest BCUT2D eigenvalue weighted by Gasteiger charge is 2.47. The second kappa shape index (κ2) is 9.93. The van der Waals surface area contributed by atoms with E-state index in [9.17, 15) is 27.1 Å². The molecule has 2 N–H and O–H groups in total. The number of amides is 1. The first kappa shape index (κ1) is 26.6. The monoisotopic (exact) mass is 553 g/mol. The maximum Gasteiger partial charge on any atom is 0.292 e. The summed E-state index contributed by atoms with van der Waals surface area (Å²) in [6.07, 6.45) is 0.970. The third-order valence-electron chi connectivity index (χ3n) is 6.51. The van der Waals surface area contributed by atoms with E-state index in [1.54, 1.807) is 55.6 Å². The van der Waals surface area contributed by atoms with E-state index in [1.165, 1.54) is 11.0 Å². The molecule has 3 aromatic heterocycles. The van der Waals surface area contributed by atoms with Gasteiger partial charge in [0, 0.05) is 23.4 Å². The van der Waals surface area contributed by atoms with E-state index in [4.69, 9.17) is 0 Å². The van der Waals surface area contributed by atoms with Gasteiger partial charge in [0.15, 0.2) is 9.84 Å². The molecule has 0 bridgehead atoms. The van der Waals surface area contributed by atoms with E-state index in [2.05, 4.69) is 20.3 Å². The highest BCUT2D eigenvalue weighted by Crippen LogP contribution is 2.31. The summed E-state index contributed by atoms with van der Waals surface area (Å²) in [6, 6.07) is 14.8. The van der Waals surface area contributed by atoms with Crippen LogP contribution >= 0.6 is 0 Å². The van der Waals surface area contributed by atoms with E-state index >= 15 is 0 Å². The number of β-amino-alcohol motifs (C(OH)–C–C–N with tert-alkyl or cyclic N) is 1. The van der Waals surface area contributed by atoms with E-state index in [1.807, 2.05) is 6.07 Å². The number of aliphatic hydroxyl groups excluding tert-OH is 1. The molecule has 12 heteroatoms. The average Bonchev–Trinajstić information content (AvgIpc) is 3.18. The molecule has 202 valence electrons. The molecule has 1 saturated heterocycles. The SMILES string of the molecule is Cc1ccc(C(=O)NCc2cc3nc(-c4cccc(N5CC(O)C(F)(F)C5)n4)ccc3cn2)cc1S(C)(=O)=O. The molecule has 4 heterocycles. The summed E-state index contributed by atoms with van der Waals surface area (Å²) in [5.41, 5.74) is 2.90. The van der Waals surface area contributed by atoms with Gasteiger partial charge in [-0.25, -0.2) is 27.2 Å². The maximum atomic E-state index is 13.8. The fourth-order valence-corrected chi connectivity index (χ4v) is 5.39. The fourth-order valence-electron chi connectivity index (χ4n) is 4.39. The van der Waals surface area contributed by atoms with Gasteiger partial charge in [0.05, 0.1) is 47.1 Å². The van der Waals surface area contributed by atoms with Gasteiger partial charge in [-0.15, -0.1) is 0 Å². The minimum absolute atomic E-state index is 0.0853. The van der Waals surface area contributed by atoms with Gasteiger partial charge in [-0.05, 0) is 55.0 Å². The zero-order valence-electron chi connectivity index (χ0n) is 21.1. The van der Waals surface area contributed by atoms with Gasteiger partial charge in [-0.1, -0.05) is 12.1 Å². The number of nitrogens with zero attached hydrogens (tertiary/aromatic N) is 4. The van der Waals surface area contributed by atoms with Crippen LogP contribution < -0.4 is 10.2 Å². The van der Waals surface area contributed by atoms with Crippen molar-refractivity contribution >= 4 is 32.5 Å². The molecule has 5 rings (SSSR count). The molecule has 1 aromatic carbocycles. The molecule has 39 heavy (non-hydrogen) atoms. The van der Waals surface area contributed by atoms with Crippen molar-refractivity contribution in [3.63, 3.8) is 0 Å². The first-order valence-electron chi connectivity index (χ1n) is 12.0. The van der Waals surface area contributed by atoms with Crippen molar-refractivity contribution in [3.8, 4) is 11.4 Å². The highest BCUT2D eigenvalue weighted by atomic mass is 32.2. The number of carbonyl (C=O) groups is 1. The zero-order valence-corrected chi connectivity index (χ0v) is 21.9. The minimum Gasteiger partial charge on any atom is -0.385 e. The van der Waals surface area contributed by atoms with Crippen molar-refractivity contribution in [2.75, 3.05) is 24.2 Å². The van der Waals surface area contributed by atoms with Crippen molar-refractivity contribution in [3.05, 3.63) is 77.6 Å². The number of benzene rings is 1. The van der Waals surface area contributed by atoms with Gasteiger partial charge >= 0.3 is 0 Å². The van der Waals surface area contributed by atoms with E-state index in [0.29, 0.717) is 34.0 Å². The quantitative estimate of drug-likeness (QED) is 0.373. The Hall–Kier alpha value is -4.03. The number of hydrogen-bond acceptors (Lipinski definition) is 8. The number of aromatic nitrogens is 3. The third-order valence-corrected chi connectivity index (χ3v) is 7.75. The molecular formula is C27H25F2N5O4S. The summed E-state index contributed by atoms with van der Waals surface area (Å²) in [4.78, 5) is 27.6. The fraction of sp³-hybridized carbons (Fsp3) is 0.259. The topological polar surface area (TPSA) is 125 Å². The number of alkyl halides is 2. The molecule has 0 spiro atoms. The standard InChI is InChI=1S/C27H25F2N5O4S/c1-16-6-7-17(10-23(16)39(2,37)38)26(36)31-13-19-11-22-18(12-30-19)8-9-21(32-22)20-4-3-5-25(33-20)34-14-24(35)27(28,29)15-34/h3-12,24,35H,13-15H2,1-2H3,(H,31,36). The average molecular weight is 554 g/mol. The lowest BCUT2D eigenvalue weighted by atomic mass is 10.1. The van der Waals surface area contributed by atoms with Crippen LogP contribution in [-0.4, -0.2) is 65.8 Å². The Morgan fingerprint density at radius 3 is 2.62 bits per heavy atom. The lowest BCUT2D eigenvalue weighted by Crippen LogP contribution is -2.31. The summed E-state index contributed by atoms with van der Waals surface area (Å²) in [5, 5.41) is 13.1. The summed E-state index contributed by atoms with van der Waals surface area (Å²) in [6.45, 7) is 0.920. The van der Waals surface area contributed by atoms with Crippen molar-refractivity contribution < 1.29 is 27.1 Å². The number of carbonyl (C=O) groups excluding carboxylic acids is 1. The number of rotatable bonds is 6. The van der Waals surface area contributed by atoms with Crippen LogP contribution in [0.5, 0.6) is 0 Å². The van der Waals surface area contributed by atoms with Gasteiger partial charge in [0.2, 0.25) is 0 Å². The van der Waals surface area contributed by atoms with Crippen LogP contribution in [0.15, 0.2) is 65.7 Å². The Labute approximate surface area is 223 Å². The third kappa shape index (κ3) is 5.57. The molecule has 1 aliphatic heterocycles. The summed E-state index contributed by atoms with van der Waals surface area (Å²) < 4.78 is 51.6. The number of hydrogen-bond donors (Lipinski definition) is 2. The van der Waals surface area contributed by atoms with Crippen molar-refractivity contribution in [2.45, 2.75) is 30.4 Å². The van der Waals surface area contributed by atoms with Gasteiger partial charge in [-0.2, -0.15) is 0 Å². The molecule has 4 aromatic rings. The van der Waals surface area contributed by atoms with Gasteiger partial charge in [0.25, 0.3) is 11.8 Å². The van der Waals surface area contributed by atoms with Gasteiger partial charge < -0.3 is 15.3 Å². The van der Waals surface area contributed by atoms with Crippen molar-refractivity contribution in [1.29, 1.82) is 0 Å². The van der Waals surface area contributed by atoms with E-state index in [-0.39, 0.29) is 23.5 Å². The van der Waals surface area contributed by atoms with Crippen LogP contribution in [0.25, 0.3) is 22.3 Å². The minimum atomic E-state index is -3.48. The second-order valence-corrected chi connectivity index (χ2v) is 11.5. The van der Waals surface area contributed by atoms with Gasteiger partial charge in [-0.3, -0.25) is 9.78 Å². The molecule has 1 unspecified atom stereocenters. The largest absolute Gasteiger partial charge is 0.385 e. The summed E-state index contributed by atoms with van der Waals surface area (Å²) in [5.74, 6) is -3.33. The first-order valence-corrected chi connectivity index (χ1v) is 13.9. The number of fused-ring (bicyclic) bond motifs is 1. The summed E-state index contributed by atoms with van der Waals surface area (Å²) >= 11 is 0. The molecule has 1 atom stereocenters. The lowest BCUT2D eigenvalue weighted by Gasteiger charge is -2.17. The molecule has 1 fully saturated rings. The Kier molecular flexibility index (Phi) is 6.77. The maximum absolute atomic E-state index is 13.8. The Morgan fingerprint density at radius 1 is 1.13 bits per heavy atom. The lowest BCUT2D eigenvalue weighted by molar-refractivity contribution is -0.0712. The van der Waals surface area contributed by atoms with Crippen LogP contribution in [-0.2, 0) is 16.4 Å². The van der Waals surface area contributed by atoms with Crippen LogP contribution in [0, 0.1) is 6.92 Å². The van der Waals surface area contributed by atoms with Crippen molar-refractivity contribution in [1.82, 2.24) is 20.3 Å². The number of halogens is 2. The summed E-state index contributed by atoms with van der Waals surface area (Å²) in [7, 11) is -3.48. The smallest absolute Gasteiger partial charge is 0.292 e. The van der Waals surface area contributed by atoms with Gasteiger partial charge in [0.1, 0.15) is 11.9 Å². The Morgan fingerprint density at radius 2 is 1.90 bits per heavy atom. The Bertz CT molecular complexity index is 1700. The normalized spacial score (nSPS) is 16.9. The van der Waals surface area contributed by atoms with Crippen LogP contribution in [0.2, 0.25) is 0 Å². The number of sulfone groups is 1. The van der Waals surface area contributed by atoms with Crippen LogP contribution in [0.1, 0.15) is 21.6 Å². The number of aryl methyl sites for hydroxylation is 1. The molecule has 0 saturated carbocycles. The molecule has 0 aliphatic carbocycles. The highest BCUT2D eigenvalue weighted by molar-refractivity contribution is 7.90. The predicted octanol–water partition coefficient (Wildman–Crippen LogP) is 3.15. The molecule has 1 amide bonds. The first-order chi connectivity index (χ1) is 18.4. The number of pyridine rings is 3. The molecule has 9 nitrogen and oxygen atoms in total. The van der Waals surface area contributed by atoms with Crippen LogP contribution in [0.3, 0.4) is 0 Å². The number of nitrogens with one attached hydrogen (secondary N) is 1. The Balaban J connectivity index is 1.34. The van der Waals surface area contributed by atoms with Crippen molar-refractivity contribution in [2.24, 2.45) is 0 Å².